The van der Waals surface area contributed by atoms with Gasteiger partial charge in [0.1, 0.15) is 0 Å². The molecule has 0 atom stereocenters. The Morgan fingerprint density at radius 2 is 0.540 bits per heavy atom. The summed E-state index contributed by atoms with van der Waals surface area (Å²) in [6.07, 6.45) is 0. The number of aryl methyl sites for hydroxylation is 2. The number of aromatic nitrogens is 3. The van der Waals surface area contributed by atoms with E-state index < -0.39 is 0 Å². The van der Waals surface area contributed by atoms with Crippen molar-refractivity contribution in [3.63, 3.8) is 0 Å². The lowest BCUT2D eigenvalue weighted by atomic mass is 9.92. The minimum absolute atomic E-state index is 0.630. The largest absolute Gasteiger partial charge is 0.208 e. The Morgan fingerprint density at radius 3 is 0.940 bits per heavy atom. The summed E-state index contributed by atoms with van der Waals surface area (Å²) in [4.78, 5) is 15.1. The van der Waals surface area contributed by atoms with Gasteiger partial charge in [-0.05, 0) is 88.7 Å². The van der Waals surface area contributed by atoms with E-state index in [-0.39, 0.29) is 0 Å². The van der Waals surface area contributed by atoms with Gasteiger partial charge in [-0.15, -0.1) is 0 Å². The lowest BCUT2D eigenvalue weighted by molar-refractivity contribution is 1.07. The Bertz CT molecular complexity index is 2250. The maximum Gasteiger partial charge on any atom is 0.164 e. The molecule has 0 bridgehead atoms. The highest BCUT2D eigenvalue weighted by molar-refractivity contribution is 5.83. The lowest BCUT2D eigenvalue weighted by Gasteiger charge is -2.14. The van der Waals surface area contributed by atoms with Crippen LogP contribution in [0.4, 0.5) is 0 Å². The zero-order chi connectivity index (χ0) is 33.9. The fourth-order valence-corrected chi connectivity index (χ4v) is 6.28. The third kappa shape index (κ3) is 6.63. The monoisotopic (exact) mass is 641 g/mol. The third-order valence-corrected chi connectivity index (χ3v) is 9.05. The standard InChI is InChI=1S/C47H35N3/c1-32-19-23-34(24-20-32)38-15-9-17-40(27-38)42-29-43(41-18-10-16-39(28-41)35-25-21-33(2)22-26-35)31-44(30-42)47-49-45(36-11-5-3-6-12-36)48-46(50-47)37-13-7-4-8-14-37/h3-31H,1-2H3. The van der Waals surface area contributed by atoms with E-state index in [0.29, 0.717) is 17.5 Å². The molecule has 3 nitrogen and oxygen atoms in total. The van der Waals surface area contributed by atoms with Gasteiger partial charge < -0.3 is 0 Å². The topological polar surface area (TPSA) is 38.7 Å². The van der Waals surface area contributed by atoms with Gasteiger partial charge >= 0.3 is 0 Å². The number of rotatable bonds is 7. The molecule has 0 saturated carbocycles. The average Bonchev–Trinajstić information content (AvgIpc) is 3.19. The highest BCUT2D eigenvalue weighted by Gasteiger charge is 2.15. The van der Waals surface area contributed by atoms with E-state index in [9.17, 15) is 0 Å². The predicted octanol–water partition coefficient (Wildman–Crippen LogP) is 12.2. The van der Waals surface area contributed by atoms with E-state index in [1.54, 1.807) is 0 Å². The van der Waals surface area contributed by atoms with Crippen molar-refractivity contribution in [3.8, 4) is 78.7 Å². The number of benzene rings is 7. The maximum atomic E-state index is 5.09. The van der Waals surface area contributed by atoms with Crippen LogP contribution in [0, 0.1) is 13.8 Å². The first-order chi connectivity index (χ1) is 24.6. The second kappa shape index (κ2) is 13.6. The van der Waals surface area contributed by atoms with Crippen molar-refractivity contribution in [2.24, 2.45) is 0 Å². The smallest absolute Gasteiger partial charge is 0.164 e. The normalized spacial score (nSPS) is 11.0. The van der Waals surface area contributed by atoms with Gasteiger partial charge in [0, 0.05) is 16.7 Å². The van der Waals surface area contributed by atoms with Gasteiger partial charge in [-0.25, -0.2) is 15.0 Å². The lowest BCUT2D eigenvalue weighted by Crippen LogP contribution is -2.00. The zero-order valence-electron chi connectivity index (χ0n) is 28.1. The molecule has 0 saturated heterocycles. The molecule has 0 radical (unpaired) electrons. The molecule has 7 aromatic carbocycles. The Kier molecular flexibility index (Phi) is 8.38. The molecule has 0 N–H and O–H groups in total. The summed E-state index contributed by atoms with van der Waals surface area (Å²) in [7, 11) is 0. The van der Waals surface area contributed by atoms with Crippen molar-refractivity contribution in [1.29, 1.82) is 0 Å². The molecular weight excluding hydrogens is 607 g/mol. The zero-order valence-corrected chi connectivity index (χ0v) is 28.1. The van der Waals surface area contributed by atoms with E-state index in [1.807, 2.05) is 60.7 Å². The van der Waals surface area contributed by atoms with Gasteiger partial charge in [0.15, 0.2) is 17.5 Å². The number of hydrogen-bond acceptors (Lipinski definition) is 3. The maximum absolute atomic E-state index is 5.09. The van der Waals surface area contributed by atoms with Gasteiger partial charge in [0.05, 0.1) is 0 Å². The van der Waals surface area contributed by atoms with Gasteiger partial charge in [0.25, 0.3) is 0 Å². The van der Waals surface area contributed by atoms with Crippen molar-refractivity contribution >= 4 is 0 Å². The van der Waals surface area contributed by atoms with Gasteiger partial charge in [-0.2, -0.15) is 0 Å². The fourth-order valence-electron chi connectivity index (χ4n) is 6.28. The van der Waals surface area contributed by atoms with Gasteiger partial charge in [-0.1, -0.05) is 157 Å². The summed E-state index contributed by atoms with van der Waals surface area (Å²) in [5.74, 6) is 1.92. The second-order valence-corrected chi connectivity index (χ2v) is 12.7. The molecule has 0 aliphatic rings. The summed E-state index contributed by atoms with van der Waals surface area (Å²) in [5, 5.41) is 0. The third-order valence-electron chi connectivity index (χ3n) is 9.05. The van der Waals surface area contributed by atoms with Crippen molar-refractivity contribution in [2.75, 3.05) is 0 Å². The van der Waals surface area contributed by atoms with E-state index in [0.717, 1.165) is 38.9 Å². The van der Waals surface area contributed by atoms with Crippen molar-refractivity contribution < 1.29 is 0 Å². The summed E-state index contributed by atoms with van der Waals surface area (Å²) in [6, 6.07) is 61.9. The van der Waals surface area contributed by atoms with Crippen LogP contribution in [0.5, 0.6) is 0 Å². The Balaban J connectivity index is 1.32. The van der Waals surface area contributed by atoms with Crippen molar-refractivity contribution in [3.05, 3.63) is 187 Å². The minimum atomic E-state index is 0.630. The molecule has 8 aromatic rings. The molecule has 3 heteroatoms. The summed E-state index contributed by atoms with van der Waals surface area (Å²) in [5.41, 5.74) is 14.5. The first-order valence-corrected chi connectivity index (χ1v) is 16.9. The molecule has 8 rings (SSSR count). The molecule has 0 aliphatic heterocycles. The van der Waals surface area contributed by atoms with Crippen LogP contribution in [0.1, 0.15) is 11.1 Å². The van der Waals surface area contributed by atoms with Gasteiger partial charge in [0.2, 0.25) is 0 Å². The quantitative estimate of drug-likeness (QED) is 0.174. The predicted molar refractivity (Wildman–Crippen MR) is 207 cm³/mol. The summed E-state index contributed by atoms with van der Waals surface area (Å²) >= 11 is 0. The molecule has 1 aromatic heterocycles. The van der Waals surface area contributed by atoms with Crippen molar-refractivity contribution in [1.82, 2.24) is 15.0 Å². The highest BCUT2D eigenvalue weighted by Crippen LogP contribution is 2.36. The van der Waals surface area contributed by atoms with Crippen molar-refractivity contribution in [2.45, 2.75) is 13.8 Å². The first-order valence-electron chi connectivity index (χ1n) is 16.9. The van der Waals surface area contributed by atoms with E-state index >= 15 is 0 Å². The van der Waals surface area contributed by atoms with E-state index in [4.69, 9.17) is 15.0 Å². The highest BCUT2D eigenvalue weighted by atomic mass is 15.0. The molecule has 238 valence electrons. The van der Waals surface area contributed by atoms with Crippen LogP contribution in [-0.2, 0) is 0 Å². The number of hydrogen-bond donors (Lipinski definition) is 0. The Labute approximate surface area is 293 Å². The van der Waals surface area contributed by atoms with Crippen LogP contribution >= 0.6 is 0 Å². The van der Waals surface area contributed by atoms with Crippen LogP contribution in [0.15, 0.2) is 176 Å². The molecular formula is C47H35N3. The molecule has 0 unspecified atom stereocenters. The summed E-state index contributed by atoms with van der Waals surface area (Å²) < 4.78 is 0. The first kappa shape index (κ1) is 30.9. The molecule has 1 heterocycles. The molecule has 0 amide bonds. The Hall–Kier alpha value is -6.45. The second-order valence-electron chi connectivity index (χ2n) is 12.7. The van der Waals surface area contributed by atoms with Crippen LogP contribution in [0.25, 0.3) is 78.7 Å². The molecule has 0 fully saturated rings. The average molecular weight is 642 g/mol. The van der Waals surface area contributed by atoms with Crippen LogP contribution in [0.2, 0.25) is 0 Å². The van der Waals surface area contributed by atoms with Crippen LogP contribution in [-0.4, -0.2) is 15.0 Å². The minimum Gasteiger partial charge on any atom is -0.208 e. The Morgan fingerprint density at radius 1 is 0.240 bits per heavy atom. The molecule has 0 spiro atoms. The molecule has 0 aliphatic carbocycles. The fraction of sp³-hybridized carbons (Fsp3) is 0.0426. The van der Waals surface area contributed by atoms with E-state index in [1.165, 1.54) is 33.4 Å². The number of nitrogens with zero attached hydrogens (tertiary/aromatic N) is 3. The molecule has 50 heavy (non-hydrogen) atoms. The van der Waals surface area contributed by atoms with Crippen LogP contribution in [0.3, 0.4) is 0 Å². The van der Waals surface area contributed by atoms with E-state index in [2.05, 4.69) is 129 Å². The van der Waals surface area contributed by atoms with Gasteiger partial charge in [-0.3, -0.25) is 0 Å². The SMILES string of the molecule is Cc1ccc(-c2cccc(-c3cc(-c4cccc(-c5ccc(C)cc5)c4)cc(-c4nc(-c5ccccc5)nc(-c5ccccc5)n4)c3)c2)cc1. The van der Waals surface area contributed by atoms with Crippen LogP contribution < -0.4 is 0 Å². The summed E-state index contributed by atoms with van der Waals surface area (Å²) in [6.45, 7) is 4.24.